The van der Waals surface area contributed by atoms with Crippen molar-refractivity contribution >= 4 is 0 Å². The van der Waals surface area contributed by atoms with Crippen LogP contribution in [0.15, 0.2) is 18.3 Å². The quantitative estimate of drug-likeness (QED) is 0.733. The van der Waals surface area contributed by atoms with E-state index < -0.39 is 6.67 Å². The number of rotatable bonds is 4. The van der Waals surface area contributed by atoms with Gasteiger partial charge in [-0.2, -0.15) is 0 Å². The van der Waals surface area contributed by atoms with Crippen LogP contribution in [0, 0.1) is 0 Å². The van der Waals surface area contributed by atoms with Crippen LogP contribution in [0.5, 0.6) is 0 Å². The fraction of sp³-hybridized carbons (Fsp3) is 0.444. The Labute approximate surface area is 71.8 Å². The predicted molar refractivity (Wildman–Crippen MR) is 46.7 cm³/mol. The summed E-state index contributed by atoms with van der Waals surface area (Å²) in [4.78, 5) is 4.12. The van der Waals surface area contributed by atoms with Crippen molar-refractivity contribution in [1.82, 2.24) is 10.3 Å². The minimum atomic E-state index is -0.408. The normalized spacial score (nSPS) is 10.2. The second-order valence-electron chi connectivity index (χ2n) is 2.64. The highest BCUT2D eigenvalue weighted by Gasteiger charge is 1.95. The molecule has 2 nitrogen and oxygen atoms in total. The average molecular weight is 168 g/mol. The van der Waals surface area contributed by atoms with Gasteiger partial charge in [0, 0.05) is 24.9 Å². The number of hydrogen-bond donors (Lipinski definition) is 1. The summed E-state index contributed by atoms with van der Waals surface area (Å²) in [6.07, 6.45) is 2.50. The first-order valence-electron chi connectivity index (χ1n) is 4.01. The summed E-state index contributed by atoms with van der Waals surface area (Å²) in [7, 11) is 1.89. The van der Waals surface area contributed by atoms with Gasteiger partial charge < -0.3 is 5.32 Å². The van der Waals surface area contributed by atoms with Crippen molar-refractivity contribution in [3.8, 4) is 0 Å². The lowest BCUT2D eigenvalue weighted by Gasteiger charge is -2.00. The van der Waals surface area contributed by atoms with Gasteiger partial charge in [-0.1, -0.05) is 0 Å². The monoisotopic (exact) mass is 168 g/mol. The van der Waals surface area contributed by atoms with E-state index in [0.717, 1.165) is 18.7 Å². The Morgan fingerprint density at radius 3 is 3.08 bits per heavy atom. The molecule has 66 valence electrons. The van der Waals surface area contributed by atoms with Crippen LogP contribution < -0.4 is 5.32 Å². The molecule has 1 aromatic rings. The van der Waals surface area contributed by atoms with Gasteiger partial charge >= 0.3 is 0 Å². The second kappa shape index (κ2) is 4.83. The molecule has 0 aliphatic heterocycles. The highest BCUT2D eigenvalue weighted by atomic mass is 19.1. The smallest absolute Gasteiger partial charge is 0.115 e. The summed E-state index contributed by atoms with van der Waals surface area (Å²) >= 11 is 0. The Hall–Kier alpha value is -0.960. The lowest BCUT2D eigenvalue weighted by molar-refractivity contribution is 0.484. The van der Waals surface area contributed by atoms with Gasteiger partial charge in [-0.3, -0.25) is 4.98 Å². The zero-order valence-corrected chi connectivity index (χ0v) is 7.18. The number of pyridine rings is 1. The van der Waals surface area contributed by atoms with Crippen molar-refractivity contribution in [1.29, 1.82) is 0 Å². The molecule has 0 bridgehead atoms. The van der Waals surface area contributed by atoms with E-state index in [1.807, 2.05) is 7.05 Å². The van der Waals surface area contributed by atoms with Crippen LogP contribution in [0.2, 0.25) is 0 Å². The maximum atomic E-state index is 12.2. The summed E-state index contributed by atoms with van der Waals surface area (Å²) in [6.45, 7) is 0.470. The zero-order valence-electron chi connectivity index (χ0n) is 7.18. The predicted octanol–water partition coefficient (Wildman–Crippen LogP) is 1.31. The molecule has 1 heterocycles. The van der Waals surface area contributed by atoms with E-state index in [0.29, 0.717) is 5.56 Å². The SMILES string of the molecule is CNCCc1cc(CF)ccn1. The lowest BCUT2D eigenvalue weighted by atomic mass is 10.2. The third-order valence-corrected chi connectivity index (χ3v) is 1.67. The molecule has 0 radical (unpaired) electrons. The van der Waals surface area contributed by atoms with Crippen molar-refractivity contribution in [2.24, 2.45) is 0 Å². The molecule has 0 spiro atoms. The lowest BCUT2D eigenvalue weighted by Crippen LogP contribution is -2.11. The van der Waals surface area contributed by atoms with E-state index in [-0.39, 0.29) is 0 Å². The van der Waals surface area contributed by atoms with Crippen LogP contribution in [0.1, 0.15) is 11.3 Å². The van der Waals surface area contributed by atoms with Gasteiger partial charge in [-0.05, 0) is 24.7 Å². The van der Waals surface area contributed by atoms with Crippen molar-refractivity contribution in [3.63, 3.8) is 0 Å². The number of halogens is 1. The number of hydrogen-bond acceptors (Lipinski definition) is 2. The van der Waals surface area contributed by atoms with Crippen LogP contribution in [-0.4, -0.2) is 18.6 Å². The van der Waals surface area contributed by atoms with Crippen molar-refractivity contribution in [3.05, 3.63) is 29.6 Å². The minimum absolute atomic E-state index is 0.408. The van der Waals surface area contributed by atoms with E-state index in [2.05, 4.69) is 10.3 Å². The zero-order chi connectivity index (χ0) is 8.81. The Morgan fingerprint density at radius 2 is 2.42 bits per heavy atom. The van der Waals surface area contributed by atoms with Crippen LogP contribution in [0.3, 0.4) is 0 Å². The summed E-state index contributed by atoms with van der Waals surface area (Å²) in [5.41, 5.74) is 1.65. The molecule has 0 saturated carbocycles. The Bertz CT molecular complexity index is 238. The summed E-state index contributed by atoms with van der Waals surface area (Å²) in [5.74, 6) is 0. The first-order chi connectivity index (χ1) is 5.86. The molecule has 0 unspecified atom stereocenters. The van der Waals surface area contributed by atoms with Crippen LogP contribution >= 0.6 is 0 Å². The maximum absolute atomic E-state index is 12.2. The van der Waals surface area contributed by atoms with E-state index >= 15 is 0 Å². The summed E-state index contributed by atoms with van der Waals surface area (Å²) in [6, 6.07) is 3.50. The highest BCUT2D eigenvalue weighted by molar-refractivity contribution is 5.15. The third kappa shape index (κ3) is 2.58. The van der Waals surface area contributed by atoms with Crippen molar-refractivity contribution in [2.75, 3.05) is 13.6 Å². The summed E-state index contributed by atoms with van der Waals surface area (Å²) < 4.78 is 12.2. The highest BCUT2D eigenvalue weighted by Crippen LogP contribution is 2.03. The van der Waals surface area contributed by atoms with Gasteiger partial charge in [0.15, 0.2) is 0 Å². The van der Waals surface area contributed by atoms with E-state index in [1.165, 1.54) is 0 Å². The fourth-order valence-electron chi connectivity index (χ4n) is 1.00. The largest absolute Gasteiger partial charge is 0.319 e. The molecule has 0 atom stereocenters. The number of aromatic nitrogens is 1. The summed E-state index contributed by atoms with van der Waals surface area (Å²) in [5, 5.41) is 3.02. The molecule has 12 heavy (non-hydrogen) atoms. The van der Waals surface area contributed by atoms with E-state index in [1.54, 1.807) is 18.3 Å². The molecule has 0 saturated heterocycles. The molecule has 1 aromatic heterocycles. The van der Waals surface area contributed by atoms with Gasteiger partial charge in [-0.15, -0.1) is 0 Å². The number of likely N-dealkylation sites (N-methyl/N-ethyl adjacent to an activating group) is 1. The number of nitrogens with one attached hydrogen (secondary N) is 1. The van der Waals surface area contributed by atoms with Crippen molar-refractivity contribution in [2.45, 2.75) is 13.1 Å². The molecule has 0 fully saturated rings. The first-order valence-corrected chi connectivity index (χ1v) is 4.01. The van der Waals surface area contributed by atoms with Crippen LogP contribution in [0.25, 0.3) is 0 Å². The number of alkyl halides is 1. The molecule has 0 aliphatic rings. The van der Waals surface area contributed by atoms with E-state index in [9.17, 15) is 4.39 Å². The first kappa shape index (κ1) is 9.13. The Balaban J connectivity index is 2.60. The number of nitrogens with zero attached hydrogens (tertiary/aromatic N) is 1. The fourth-order valence-corrected chi connectivity index (χ4v) is 1.00. The second-order valence-corrected chi connectivity index (χ2v) is 2.64. The van der Waals surface area contributed by atoms with Crippen molar-refractivity contribution < 1.29 is 4.39 Å². The van der Waals surface area contributed by atoms with Gasteiger partial charge in [0.25, 0.3) is 0 Å². The molecule has 0 aliphatic carbocycles. The minimum Gasteiger partial charge on any atom is -0.319 e. The molecular weight excluding hydrogens is 155 g/mol. The van der Waals surface area contributed by atoms with Gasteiger partial charge in [0.05, 0.1) is 0 Å². The van der Waals surface area contributed by atoms with Gasteiger partial charge in [0.2, 0.25) is 0 Å². The van der Waals surface area contributed by atoms with E-state index in [4.69, 9.17) is 0 Å². The molecule has 0 aromatic carbocycles. The molecule has 1 rings (SSSR count). The Morgan fingerprint density at radius 1 is 1.58 bits per heavy atom. The molecule has 1 N–H and O–H groups in total. The Kier molecular flexibility index (Phi) is 3.67. The molecule has 3 heteroatoms. The average Bonchev–Trinajstić information content (AvgIpc) is 2.15. The van der Waals surface area contributed by atoms with Crippen LogP contribution in [-0.2, 0) is 13.1 Å². The third-order valence-electron chi connectivity index (χ3n) is 1.67. The van der Waals surface area contributed by atoms with Gasteiger partial charge in [-0.25, -0.2) is 4.39 Å². The van der Waals surface area contributed by atoms with Gasteiger partial charge in [0.1, 0.15) is 6.67 Å². The molecular formula is C9H13FN2. The molecule has 0 amide bonds. The van der Waals surface area contributed by atoms with Crippen LogP contribution in [0.4, 0.5) is 4.39 Å². The maximum Gasteiger partial charge on any atom is 0.115 e. The standard InChI is InChI=1S/C9H13FN2/c1-11-4-3-9-6-8(7-10)2-5-12-9/h2,5-6,11H,3-4,7H2,1H3. The topological polar surface area (TPSA) is 24.9 Å².